The van der Waals surface area contributed by atoms with Crippen molar-refractivity contribution in [2.24, 2.45) is 7.05 Å². The molecule has 0 spiro atoms. The molecule has 0 saturated heterocycles. The average Bonchev–Trinajstić information content (AvgIpc) is 2.81. The molecule has 1 N–H and O–H groups in total. The minimum Gasteiger partial charge on any atom is -0.345 e. The molecule has 2 aromatic heterocycles. The number of hydrogen-bond acceptors (Lipinski definition) is 4. The van der Waals surface area contributed by atoms with E-state index in [0.717, 1.165) is 18.3 Å². The lowest BCUT2D eigenvalue weighted by Crippen LogP contribution is -2.25. The van der Waals surface area contributed by atoms with E-state index in [1.165, 1.54) is 11.0 Å². The number of halogens is 3. The zero-order chi connectivity index (χ0) is 14.8. The molecule has 0 radical (unpaired) electrons. The summed E-state index contributed by atoms with van der Waals surface area (Å²) in [5.41, 5.74) is -0.998. The van der Waals surface area contributed by atoms with Crippen molar-refractivity contribution in [3.05, 3.63) is 41.7 Å². The van der Waals surface area contributed by atoms with Crippen molar-refractivity contribution >= 4 is 5.91 Å². The number of rotatable bonds is 3. The Hall–Kier alpha value is -2.45. The van der Waals surface area contributed by atoms with E-state index in [9.17, 15) is 18.0 Å². The minimum atomic E-state index is -4.52. The molecule has 0 atom stereocenters. The van der Waals surface area contributed by atoms with Crippen LogP contribution in [0.25, 0.3) is 0 Å². The first kappa shape index (κ1) is 14.0. The van der Waals surface area contributed by atoms with Crippen molar-refractivity contribution in [3.63, 3.8) is 0 Å². The van der Waals surface area contributed by atoms with E-state index in [4.69, 9.17) is 0 Å². The third-order valence-electron chi connectivity index (χ3n) is 2.53. The van der Waals surface area contributed by atoms with Gasteiger partial charge in [0.05, 0.1) is 12.1 Å². The molecule has 0 aliphatic heterocycles. The van der Waals surface area contributed by atoms with Crippen LogP contribution in [0.2, 0.25) is 0 Å². The highest BCUT2D eigenvalue weighted by atomic mass is 19.4. The zero-order valence-electron chi connectivity index (χ0n) is 10.3. The van der Waals surface area contributed by atoms with Crippen LogP contribution in [0.3, 0.4) is 0 Å². The smallest absolute Gasteiger partial charge is 0.345 e. The lowest BCUT2D eigenvalue weighted by atomic mass is 10.2. The number of aryl methyl sites for hydroxylation is 1. The first-order valence-corrected chi connectivity index (χ1v) is 5.52. The van der Waals surface area contributed by atoms with Crippen molar-refractivity contribution in [1.29, 1.82) is 0 Å². The number of nitrogens with one attached hydrogen (secondary N) is 1. The number of nitrogens with zero attached hydrogens (tertiary/aromatic N) is 4. The van der Waals surface area contributed by atoms with Gasteiger partial charge in [0.25, 0.3) is 5.91 Å². The Labute approximate surface area is 111 Å². The second kappa shape index (κ2) is 5.27. The molecular formula is C11H10F3N5O. The van der Waals surface area contributed by atoms with Crippen LogP contribution < -0.4 is 5.32 Å². The molecule has 1 amide bonds. The largest absolute Gasteiger partial charge is 0.433 e. The van der Waals surface area contributed by atoms with Crippen LogP contribution in [0.4, 0.5) is 13.2 Å². The summed E-state index contributed by atoms with van der Waals surface area (Å²) in [4.78, 5) is 18.8. The Morgan fingerprint density at radius 2 is 2.10 bits per heavy atom. The second-order valence-electron chi connectivity index (χ2n) is 3.91. The molecule has 0 aliphatic carbocycles. The Bertz CT molecular complexity index is 605. The first-order valence-electron chi connectivity index (χ1n) is 5.52. The summed E-state index contributed by atoms with van der Waals surface area (Å²) in [7, 11) is 1.66. The molecule has 2 heterocycles. The van der Waals surface area contributed by atoms with E-state index in [-0.39, 0.29) is 12.1 Å². The van der Waals surface area contributed by atoms with Gasteiger partial charge in [-0.25, -0.2) is 4.98 Å². The van der Waals surface area contributed by atoms with Crippen LogP contribution in [0.15, 0.2) is 24.7 Å². The van der Waals surface area contributed by atoms with Gasteiger partial charge < -0.3 is 5.32 Å². The molecule has 0 saturated carbocycles. The van der Waals surface area contributed by atoms with Gasteiger partial charge in [-0.3, -0.25) is 14.5 Å². The number of carbonyl (C=O) groups is 1. The Kier molecular flexibility index (Phi) is 3.68. The third kappa shape index (κ3) is 3.11. The molecule has 2 rings (SSSR count). The van der Waals surface area contributed by atoms with Gasteiger partial charge in [-0.1, -0.05) is 0 Å². The summed E-state index contributed by atoms with van der Waals surface area (Å²) in [5, 5.41) is 6.34. The number of amides is 1. The molecule has 2 aromatic rings. The maximum absolute atomic E-state index is 12.3. The molecule has 0 bridgehead atoms. The third-order valence-corrected chi connectivity index (χ3v) is 2.53. The van der Waals surface area contributed by atoms with E-state index < -0.39 is 17.8 Å². The quantitative estimate of drug-likeness (QED) is 0.918. The lowest BCUT2D eigenvalue weighted by molar-refractivity contribution is -0.141. The number of alkyl halides is 3. The van der Waals surface area contributed by atoms with Gasteiger partial charge in [0.1, 0.15) is 17.8 Å². The van der Waals surface area contributed by atoms with Gasteiger partial charge in [0.15, 0.2) is 0 Å². The van der Waals surface area contributed by atoms with Crippen LogP contribution in [0.1, 0.15) is 21.9 Å². The minimum absolute atomic E-state index is 0.0418. The highest BCUT2D eigenvalue weighted by Gasteiger charge is 2.32. The van der Waals surface area contributed by atoms with Gasteiger partial charge in [0.2, 0.25) is 0 Å². The van der Waals surface area contributed by atoms with Crippen LogP contribution >= 0.6 is 0 Å². The van der Waals surface area contributed by atoms with E-state index in [1.54, 1.807) is 7.05 Å². The normalized spacial score (nSPS) is 11.4. The van der Waals surface area contributed by atoms with Gasteiger partial charge in [-0.2, -0.15) is 18.3 Å². The summed E-state index contributed by atoms with van der Waals surface area (Å²) < 4.78 is 38.4. The topological polar surface area (TPSA) is 72.7 Å². The van der Waals surface area contributed by atoms with Gasteiger partial charge in [0, 0.05) is 13.2 Å². The Balaban J connectivity index is 2.01. The fraction of sp³-hybridized carbons (Fsp3) is 0.273. The fourth-order valence-electron chi connectivity index (χ4n) is 1.44. The van der Waals surface area contributed by atoms with Gasteiger partial charge >= 0.3 is 6.18 Å². The second-order valence-corrected chi connectivity index (χ2v) is 3.91. The highest BCUT2D eigenvalue weighted by Crippen LogP contribution is 2.27. The molecule has 0 aromatic carbocycles. The Morgan fingerprint density at radius 3 is 2.60 bits per heavy atom. The summed E-state index contributed by atoms with van der Waals surface area (Å²) in [6.45, 7) is 0.121. The predicted octanol–water partition coefficient (Wildman–Crippen LogP) is 1.16. The van der Waals surface area contributed by atoms with Gasteiger partial charge in [-0.15, -0.1) is 0 Å². The summed E-state index contributed by atoms with van der Waals surface area (Å²) in [6, 6.07) is 1.83. The van der Waals surface area contributed by atoms with Crippen molar-refractivity contribution in [2.75, 3.05) is 0 Å². The van der Waals surface area contributed by atoms with Crippen molar-refractivity contribution in [2.45, 2.75) is 12.7 Å². The summed E-state index contributed by atoms with van der Waals surface area (Å²) in [5.74, 6) is -0.00700. The van der Waals surface area contributed by atoms with Crippen LogP contribution in [-0.4, -0.2) is 25.7 Å². The molecule has 106 valence electrons. The predicted molar refractivity (Wildman–Crippen MR) is 61.4 cm³/mol. The Morgan fingerprint density at radius 1 is 1.35 bits per heavy atom. The molecule has 0 fully saturated rings. The lowest BCUT2D eigenvalue weighted by Gasteiger charge is -2.07. The van der Waals surface area contributed by atoms with E-state index in [1.807, 2.05) is 0 Å². The summed E-state index contributed by atoms with van der Waals surface area (Å²) >= 11 is 0. The number of pyridine rings is 1. The maximum atomic E-state index is 12.3. The zero-order valence-corrected chi connectivity index (χ0v) is 10.3. The highest BCUT2D eigenvalue weighted by molar-refractivity contribution is 5.93. The van der Waals surface area contributed by atoms with Crippen molar-refractivity contribution in [3.8, 4) is 0 Å². The van der Waals surface area contributed by atoms with Crippen molar-refractivity contribution < 1.29 is 18.0 Å². The molecule has 0 unspecified atom stereocenters. The molecule has 0 aliphatic rings. The molecule has 20 heavy (non-hydrogen) atoms. The summed E-state index contributed by atoms with van der Waals surface area (Å²) in [6.07, 6.45) is -2.30. The number of hydrogen-bond donors (Lipinski definition) is 1. The fourth-order valence-corrected chi connectivity index (χ4v) is 1.44. The van der Waals surface area contributed by atoms with Crippen LogP contribution in [0.5, 0.6) is 0 Å². The van der Waals surface area contributed by atoms with Crippen molar-refractivity contribution in [1.82, 2.24) is 25.1 Å². The molecule has 9 heteroatoms. The average molecular weight is 285 g/mol. The van der Waals surface area contributed by atoms with Gasteiger partial charge in [-0.05, 0) is 12.1 Å². The van der Waals surface area contributed by atoms with E-state index in [0.29, 0.717) is 5.82 Å². The maximum Gasteiger partial charge on any atom is 0.433 e. The first-order chi connectivity index (χ1) is 9.38. The molecular weight excluding hydrogens is 275 g/mol. The van der Waals surface area contributed by atoms with E-state index >= 15 is 0 Å². The van der Waals surface area contributed by atoms with Crippen LogP contribution in [0, 0.1) is 0 Å². The van der Waals surface area contributed by atoms with Crippen LogP contribution in [-0.2, 0) is 19.8 Å². The molecule has 6 nitrogen and oxygen atoms in total. The standard InChI is InChI=1S/C11H10F3N5O/c1-19-9(17-6-18-19)5-16-10(20)7-2-3-8(15-4-7)11(12,13)14/h2-4,6H,5H2,1H3,(H,16,20). The number of aromatic nitrogens is 4. The van der Waals surface area contributed by atoms with E-state index in [2.05, 4.69) is 20.4 Å². The SMILES string of the molecule is Cn1ncnc1CNC(=O)c1ccc(C(F)(F)F)nc1. The number of carbonyl (C=O) groups excluding carboxylic acids is 1. The monoisotopic (exact) mass is 285 g/mol.